The molecule has 0 bridgehead atoms. The number of ether oxygens (including phenoxy) is 14. The molecule has 0 aliphatic rings. The number of rotatable bonds is 32. The third-order valence-electron chi connectivity index (χ3n) is 28.1. The van der Waals surface area contributed by atoms with Crippen molar-refractivity contribution in [3.63, 3.8) is 0 Å². The highest BCUT2D eigenvalue weighted by atomic mass is 16.5. The first-order valence-corrected chi connectivity index (χ1v) is 49.8. The van der Waals surface area contributed by atoms with Gasteiger partial charge in [-0.25, -0.2) is 0 Å². The molecule has 0 saturated heterocycles. The summed E-state index contributed by atoms with van der Waals surface area (Å²) in [6.45, 7) is 22.0. The van der Waals surface area contributed by atoms with Crippen molar-refractivity contribution in [3.8, 4) is 80.5 Å². The Labute approximate surface area is 880 Å². The zero-order chi connectivity index (χ0) is 106. The van der Waals surface area contributed by atoms with E-state index in [1.54, 1.807) is 99.5 Å². The minimum atomic E-state index is -0.457. The molecule has 17 rings (SSSR count). The molecule has 0 spiro atoms. The van der Waals surface area contributed by atoms with Gasteiger partial charge in [0.2, 0.25) is 0 Å². The molecule has 0 N–H and O–H groups in total. The van der Waals surface area contributed by atoms with Crippen molar-refractivity contribution in [2.24, 2.45) is 0 Å². The van der Waals surface area contributed by atoms with Gasteiger partial charge in [0.1, 0.15) is 80.5 Å². The lowest BCUT2D eigenvalue weighted by Crippen LogP contribution is -2.30. The molecule has 0 fully saturated rings. The van der Waals surface area contributed by atoms with Crippen LogP contribution < -0.4 is 66.3 Å². The second-order valence-corrected chi connectivity index (χ2v) is 37.2. The third kappa shape index (κ3) is 28.6. The van der Waals surface area contributed by atoms with Gasteiger partial charge in [0, 0.05) is 27.6 Å². The monoisotopic (exact) mass is 1980 g/mol. The van der Waals surface area contributed by atoms with E-state index < -0.39 is 5.41 Å². The van der Waals surface area contributed by atoms with Gasteiger partial charge >= 0.3 is 0 Å². The lowest BCUT2D eigenvalue weighted by molar-refractivity contribution is 0.410. The van der Waals surface area contributed by atoms with E-state index >= 15 is 0 Å². The summed E-state index contributed by atoms with van der Waals surface area (Å²) in [7, 11) is 23.7. The first kappa shape index (κ1) is 112. The fraction of sp³-hybridized carbons (Fsp3) is 0.239. The molecule has 0 atom stereocenters. The van der Waals surface area contributed by atoms with Crippen LogP contribution in [0.25, 0.3) is 0 Å². The Kier molecular flexibility index (Phi) is 41.5. The quantitative estimate of drug-likeness (QED) is 0.0371. The van der Waals surface area contributed by atoms with Crippen molar-refractivity contribution in [2.75, 3.05) is 99.5 Å². The maximum Gasteiger partial charge on any atom is 0.121 e. The molecule has 0 heterocycles. The summed E-state index contributed by atoms with van der Waals surface area (Å²) < 4.78 is 73.6. The zero-order valence-corrected chi connectivity index (χ0v) is 90.5. The van der Waals surface area contributed by atoms with Gasteiger partial charge in [-0.05, 0) is 297 Å². The van der Waals surface area contributed by atoms with Crippen molar-refractivity contribution in [3.05, 3.63) is 524 Å². The van der Waals surface area contributed by atoms with E-state index in [1.807, 2.05) is 164 Å². The molecule has 0 amide bonds. The molecule has 0 radical (unpaired) electrons. The predicted octanol–water partition coefficient (Wildman–Crippen LogP) is 31.4. The van der Waals surface area contributed by atoms with E-state index in [2.05, 4.69) is 324 Å². The van der Waals surface area contributed by atoms with Crippen LogP contribution in [0.4, 0.5) is 0 Å². The van der Waals surface area contributed by atoms with Crippen LogP contribution in [0, 0.1) is 13.8 Å². The Morgan fingerprint density at radius 2 is 0.385 bits per heavy atom. The molecule has 14 nitrogen and oxygen atoms in total. The van der Waals surface area contributed by atoms with Crippen LogP contribution in [0.5, 0.6) is 80.5 Å². The molecule has 0 aliphatic carbocycles. The van der Waals surface area contributed by atoms with Crippen LogP contribution in [0.2, 0.25) is 0 Å². The molecule has 766 valence electrons. The molecule has 17 aromatic rings. The molecule has 0 saturated carbocycles. The highest BCUT2D eigenvalue weighted by Gasteiger charge is 2.39. The van der Waals surface area contributed by atoms with E-state index in [4.69, 9.17) is 66.3 Å². The first-order chi connectivity index (χ1) is 71.6. The van der Waals surface area contributed by atoms with Crippen LogP contribution in [-0.2, 0) is 33.5 Å². The topological polar surface area (TPSA) is 129 Å². The van der Waals surface area contributed by atoms with Crippen molar-refractivity contribution >= 4 is 0 Å². The van der Waals surface area contributed by atoms with Crippen LogP contribution in [-0.4, -0.2) is 99.5 Å². The van der Waals surface area contributed by atoms with Crippen LogP contribution in [0.3, 0.4) is 0 Å². The zero-order valence-electron chi connectivity index (χ0n) is 90.5. The van der Waals surface area contributed by atoms with Crippen molar-refractivity contribution in [1.29, 1.82) is 0 Å². The Bertz CT molecular complexity index is 6380. The molecule has 0 aromatic heterocycles. The SMILES string of the molecule is CCC(C)(c1ccc(OC)cc1)c1ccc(OC)cc1.COc1ccc(C(C)(C)c2ccc(OC)c(C)c2)cc1C.COc1ccc(C(C)(C)c2ccc(OC)cc2)cc1.COc1ccc(C(C)(c2ccccc2)c2ccc(OC)cc2)cc1.COc1ccc(C(C)c2ccc(OC)cc2)cc1.COc1ccc(C(c2ccccc2)(c2ccccc2)c2ccc(OC)cc2)cc1.COc1ccc(Cc2ccc(OC)cc2)cc1. The van der Waals surface area contributed by atoms with Gasteiger partial charge in [0.15, 0.2) is 0 Å². The number of aryl methyl sites for hydroxylation is 2. The minimum absolute atomic E-state index is 0.00145. The van der Waals surface area contributed by atoms with Gasteiger partial charge in [-0.1, -0.05) is 309 Å². The Morgan fingerprint density at radius 1 is 0.196 bits per heavy atom. The normalized spacial score (nSPS) is 11.0. The number of benzene rings is 17. The molecule has 148 heavy (non-hydrogen) atoms. The molecule has 0 unspecified atom stereocenters. The second kappa shape index (κ2) is 54.8. The number of hydrogen-bond acceptors (Lipinski definition) is 14. The summed E-state index contributed by atoms with van der Waals surface area (Å²) >= 11 is 0. The van der Waals surface area contributed by atoms with Crippen LogP contribution in [0.1, 0.15) is 173 Å². The van der Waals surface area contributed by atoms with Crippen LogP contribution >= 0.6 is 0 Å². The Hall–Kier alpha value is -16.1. The lowest BCUT2D eigenvalue weighted by Gasteiger charge is -2.37. The van der Waals surface area contributed by atoms with E-state index in [9.17, 15) is 0 Å². The third-order valence-corrected chi connectivity index (χ3v) is 28.1. The lowest BCUT2D eigenvalue weighted by atomic mass is 9.65. The minimum Gasteiger partial charge on any atom is -0.497 e. The van der Waals surface area contributed by atoms with Crippen LogP contribution in [0.15, 0.2) is 419 Å². The van der Waals surface area contributed by atoms with Gasteiger partial charge < -0.3 is 66.3 Å². The molecule has 14 heteroatoms. The summed E-state index contributed by atoms with van der Waals surface area (Å²) in [4.78, 5) is 0. The average Bonchev–Trinajstić information content (AvgIpc) is 0.726. The summed E-state index contributed by atoms with van der Waals surface area (Å²) in [6.07, 6.45) is 1.96. The van der Waals surface area contributed by atoms with Gasteiger partial charge in [0.25, 0.3) is 0 Å². The molecule has 0 aliphatic heterocycles. The smallest absolute Gasteiger partial charge is 0.121 e. The van der Waals surface area contributed by atoms with Crippen molar-refractivity contribution < 1.29 is 66.3 Å². The fourth-order valence-corrected chi connectivity index (χ4v) is 18.3. The van der Waals surface area contributed by atoms with E-state index in [0.717, 1.165) is 104 Å². The second-order valence-electron chi connectivity index (χ2n) is 37.2. The van der Waals surface area contributed by atoms with Crippen molar-refractivity contribution in [1.82, 2.24) is 0 Å². The van der Waals surface area contributed by atoms with Crippen molar-refractivity contribution in [2.45, 2.75) is 115 Å². The molecular weight excluding hydrogens is 1830 g/mol. The first-order valence-electron chi connectivity index (χ1n) is 49.8. The van der Waals surface area contributed by atoms with E-state index in [1.165, 1.54) is 94.6 Å². The Morgan fingerprint density at radius 3 is 0.615 bits per heavy atom. The largest absolute Gasteiger partial charge is 0.497 e. The highest BCUT2D eigenvalue weighted by molar-refractivity contribution is 5.62. The Balaban J connectivity index is 0.000000165. The van der Waals surface area contributed by atoms with E-state index in [0.29, 0.717) is 5.92 Å². The van der Waals surface area contributed by atoms with Gasteiger partial charge in [-0.15, -0.1) is 0 Å². The van der Waals surface area contributed by atoms with E-state index in [-0.39, 0.29) is 21.7 Å². The summed E-state index contributed by atoms with van der Waals surface area (Å²) in [6, 6.07) is 144. The summed E-state index contributed by atoms with van der Waals surface area (Å²) in [5.41, 5.74) is 22.8. The maximum absolute atomic E-state index is 5.41. The average molecular weight is 1980 g/mol. The summed E-state index contributed by atoms with van der Waals surface area (Å²) in [5, 5.41) is 0. The number of hydrogen-bond donors (Lipinski definition) is 0. The van der Waals surface area contributed by atoms with Gasteiger partial charge in [0.05, 0.1) is 105 Å². The molecule has 17 aromatic carbocycles. The predicted molar refractivity (Wildman–Crippen MR) is 607 cm³/mol. The van der Waals surface area contributed by atoms with Gasteiger partial charge in [-0.2, -0.15) is 0 Å². The van der Waals surface area contributed by atoms with Gasteiger partial charge in [-0.3, -0.25) is 0 Å². The maximum atomic E-state index is 5.41. The number of methoxy groups -OCH3 is 14. The fourth-order valence-electron chi connectivity index (χ4n) is 18.3. The standard InChI is InChI=1S/C27H24O2.C22H22O2.C19H24O2.C18H22O2.C17H20O2.C16H18O2.C15H16O2/c1-28-25-17-13-23(14-18-25)27(21-9-5-3-6-10-21,22-11-7-4-8-12-22)24-15-19-26(29-2)20-16-24;1-22(17-7-5-4-6-8-17,18-9-13-20(23-2)14-10-18)19-11-15-21(24-3)16-12-19;1-13-11-15(7-9-17(13)20-5)19(3,4)16-8-10-18(21-6)14(2)12-16;1-5-18(2,14-6-10-16(19-3)11-7-14)15-8-12-17(20-4)13-9-15;1-17(2,13-5-9-15(18-3)10-6-13)14-7-11-16(19-4)12-8-14;1-12(13-4-8-15(17-2)9-5-13)14-6-10-16(18-3)11-7-14;1-16-14-7-3-12(4-8-14)11-13-5-9-15(17-2)10-6-13/h3-20H,1-2H3;4-16H,1-3H3;7-12H,1-6H3;6-13H,5H2,1-4H3;5-12H,1-4H3;4-12H,1-3H3;3-10H,11H2,1-2H3. The molecular formula is C134H146O14. The summed E-state index contributed by atoms with van der Waals surface area (Å²) in [5.74, 6) is 12.8. The highest BCUT2D eigenvalue weighted by Crippen LogP contribution is 2.48.